The van der Waals surface area contributed by atoms with Crippen molar-refractivity contribution in [3.8, 4) is 0 Å². The second kappa shape index (κ2) is 7.66. The predicted octanol–water partition coefficient (Wildman–Crippen LogP) is 3.71. The molecule has 5 rings (SSSR count). The van der Waals surface area contributed by atoms with Crippen molar-refractivity contribution in [1.29, 1.82) is 0 Å². The second-order valence-electron chi connectivity index (χ2n) is 8.06. The Bertz CT molecular complexity index is 736. The zero-order valence-corrected chi connectivity index (χ0v) is 16.0. The van der Waals surface area contributed by atoms with Gasteiger partial charge in [0.2, 0.25) is 5.91 Å². The van der Waals surface area contributed by atoms with Crippen LogP contribution in [0.4, 0.5) is 14.9 Å². The standard InChI is InChI=1S/C20H25ClFN3O2/c21-16-10-15(5-6-17(16)22)25-8-7-18(19(25)26)24-20(27)23-11-14-9-12-1-3-13(14)4-2-12/h5-6,10,12-14,18H,1-4,7-9,11H2,(H2,23,24,27). The van der Waals surface area contributed by atoms with E-state index in [1.165, 1.54) is 55.2 Å². The monoisotopic (exact) mass is 393 g/mol. The Labute approximate surface area is 163 Å². The van der Waals surface area contributed by atoms with Crippen LogP contribution in [0.5, 0.6) is 0 Å². The lowest BCUT2D eigenvalue weighted by atomic mass is 9.65. The molecule has 1 saturated heterocycles. The number of nitrogens with one attached hydrogen (secondary N) is 2. The number of urea groups is 1. The highest BCUT2D eigenvalue weighted by molar-refractivity contribution is 6.31. The number of carbonyl (C=O) groups excluding carboxylic acids is 2. The number of fused-ring (bicyclic) bond motifs is 3. The molecule has 1 heterocycles. The summed E-state index contributed by atoms with van der Waals surface area (Å²) >= 11 is 5.81. The molecule has 3 amide bonds. The Morgan fingerprint density at radius 3 is 2.67 bits per heavy atom. The van der Waals surface area contributed by atoms with Gasteiger partial charge >= 0.3 is 6.03 Å². The molecule has 27 heavy (non-hydrogen) atoms. The summed E-state index contributed by atoms with van der Waals surface area (Å²) in [6.07, 6.45) is 6.99. The van der Waals surface area contributed by atoms with Crippen LogP contribution in [0.3, 0.4) is 0 Å². The Balaban J connectivity index is 1.29. The summed E-state index contributed by atoms with van der Waals surface area (Å²) in [6, 6.07) is 3.37. The molecular formula is C20H25ClFN3O2. The van der Waals surface area contributed by atoms with Gasteiger partial charge in [-0.3, -0.25) is 4.79 Å². The second-order valence-corrected chi connectivity index (χ2v) is 8.47. The first-order valence-corrected chi connectivity index (χ1v) is 10.2. The zero-order valence-electron chi connectivity index (χ0n) is 15.2. The third kappa shape index (κ3) is 3.91. The third-order valence-corrected chi connectivity index (χ3v) is 6.73. The van der Waals surface area contributed by atoms with E-state index in [1.807, 2.05) is 0 Å². The highest BCUT2D eigenvalue weighted by Crippen LogP contribution is 2.44. The summed E-state index contributed by atoms with van der Waals surface area (Å²) in [7, 11) is 0. The third-order valence-electron chi connectivity index (χ3n) is 6.44. The number of benzene rings is 1. The van der Waals surface area contributed by atoms with E-state index in [0.717, 1.165) is 11.8 Å². The molecule has 0 radical (unpaired) electrons. The van der Waals surface area contributed by atoms with Crippen molar-refractivity contribution in [1.82, 2.24) is 10.6 Å². The van der Waals surface area contributed by atoms with Crippen LogP contribution in [0.15, 0.2) is 18.2 Å². The van der Waals surface area contributed by atoms with Gasteiger partial charge in [0.25, 0.3) is 0 Å². The van der Waals surface area contributed by atoms with Crippen molar-refractivity contribution < 1.29 is 14.0 Å². The molecule has 3 saturated carbocycles. The van der Waals surface area contributed by atoms with Gasteiger partial charge < -0.3 is 15.5 Å². The summed E-state index contributed by atoms with van der Waals surface area (Å²) in [4.78, 5) is 26.4. The van der Waals surface area contributed by atoms with Crippen LogP contribution >= 0.6 is 11.6 Å². The number of carbonyl (C=O) groups is 2. The highest BCUT2D eigenvalue weighted by atomic mass is 35.5. The SMILES string of the molecule is O=C(NCC1CC2CCC1CC2)NC1CCN(c2ccc(F)c(Cl)c2)C1=O. The molecule has 0 aromatic heterocycles. The van der Waals surface area contributed by atoms with E-state index in [1.54, 1.807) is 0 Å². The van der Waals surface area contributed by atoms with Crippen molar-refractivity contribution in [2.45, 2.75) is 44.6 Å². The summed E-state index contributed by atoms with van der Waals surface area (Å²) in [5.74, 6) is 1.43. The molecule has 1 aliphatic heterocycles. The van der Waals surface area contributed by atoms with E-state index in [-0.39, 0.29) is 17.0 Å². The van der Waals surface area contributed by atoms with Gasteiger partial charge in [-0.05, 0) is 61.6 Å². The maximum atomic E-state index is 13.3. The first-order valence-electron chi connectivity index (χ1n) is 9.82. The van der Waals surface area contributed by atoms with Crippen molar-refractivity contribution in [3.05, 3.63) is 29.0 Å². The van der Waals surface area contributed by atoms with E-state index in [0.29, 0.717) is 31.1 Å². The summed E-state index contributed by atoms with van der Waals surface area (Å²) in [5, 5.41) is 5.74. The van der Waals surface area contributed by atoms with Crippen LogP contribution < -0.4 is 15.5 Å². The number of anilines is 1. The van der Waals surface area contributed by atoms with E-state index in [2.05, 4.69) is 10.6 Å². The zero-order chi connectivity index (χ0) is 19.0. The maximum Gasteiger partial charge on any atom is 0.315 e. The molecule has 2 N–H and O–H groups in total. The average Bonchev–Trinajstić information content (AvgIpc) is 3.04. The Morgan fingerprint density at radius 2 is 2.00 bits per heavy atom. The first-order chi connectivity index (χ1) is 13.0. The van der Waals surface area contributed by atoms with E-state index in [4.69, 9.17) is 11.6 Å². The topological polar surface area (TPSA) is 61.4 Å². The molecule has 2 unspecified atom stereocenters. The predicted molar refractivity (Wildman–Crippen MR) is 102 cm³/mol. The van der Waals surface area contributed by atoms with Gasteiger partial charge in [-0.2, -0.15) is 0 Å². The van der Waals surface area contributed by atoms with Gasteiger partial charge in [0.05, 0.1) is 5.02 Å². The van der Waals surface area contributed by atoms with Crippen LogP contribution in [0.25, 0.3) is 0 Å². The van der Waals surface area contributed by atoms with Crippen LogP contribution in [0, 0.1) is 23.6 Å². The summed E-state index contributed by atoms with van der Waals surface area (Å²) in [5.41, 5.74) is 0.550. The molecule has 146 valence electrons. The normalized spacial score (nSPS) is 29.9. The average molecular weight is 394 g/mol. The van der Waals surface area contributed by atoms with Crippen molar-refractivity contribution in [2.24, 2.45) is 17.8 Å². The molecule has 0 spiro atoms. The van der Waals surface area contributed by atoms with Crippen molar-refractivity contribution >= 4 is 29.2 Å². The minimum absolute atomic E-state index is 0.0174. The number of hydrogen-bond donors (Lipinski definition) is 2. The lowest BCUT2D eigenvalue weighted by molar-refractivity contribution is -0.118. The fourth-order valence-corrected chi connectivity index (χ4v) is 5.10. The minimum atomic E-state index is -0.559. The van der Waals surface area contributed by atoms with Gasteiger partial charge in [0.1, 0.15) is 11.9 Å². The van der Waals surface area contributed by atoms with Crippen LogP contribution in [0.1, 0.15) is 38.5 Å². The molecule has 4 aliphatic rings. The summed E-state index contributed by atoms with van der Waals surface area (Å²) < 4.78 is 13.3. The van der Waals surface area contributed by atoms with Gasteiger partial charge in [-0.1, -0.05) is 24.4 Å². The van der Waals surface area contributed by atoms with Gasteiger partial charge in [-0.15, -0.1) is 0 Å². The Hall–Kier alpha value is -1.82. The minimum Gasteiger partial charge on any atom is -0.338 e. The van der Waals surface area contributed by atoms with Gasteiger partial charge in [-0.25, -0.2) is 9.18 Å². The van der Waals surface area contributed by atoms with Crippen LogP contribution in [0.2, 0.25) is 5.02 Å². The highest BCUT2D eigenvalue weighted by Gasteiger charge is 2.36. The van der Waals surface area contributed by atoms with E-state index >= 15 is 0 Å². The van der Waals surface area contributed by atoms with Crippen molar-refractivity contribution in [2.75, 3.05) is 18.0 Å². The van der Waals surface area contributed by atoms with E-state index < -0.39 is 11.9 Å². The van der Waals surface area contributed by atoms with Crippen molar-refractivity contribution in [3.63, 3.8) is 0 Å². The Morgan fingerprint density at radius 1 is 1.22 bits per heavy atom. The van der Waals surface area contributed by atoms with Gasteiger partial charge in [0.15, 0.2) is 0 Å². The number of nitrogens with zero attached hydrogens (tertiary/aromatic N) is 1. The lowest BCUT2D eigenvalue weighted by Crippen LogP contribution is -2.48. The van der Waals surface area contributed by atoms with Gasteiger partial charge in [0, 0.05) is 18.8 Å². The fraction of sp³-hybridized carbons (Fsp3) is 0.600. The molecule has 2 atom stereocenters. The number of amides is 3. The lowest BCUT2D eigenvalue weighted by Gasteiger charge is -2.42. The van der Waals surface area contributed by atoms with Crippen LogP contribution in [-0.2, 0) is 4.79 Å². The fourth-order valence-electron chi connectivity index (χ4n) is 4.92. The maximum absolute atomic E-state index is 13.3. The number of rotatable bonds is 4. The molecule has 1 aromatic carbocycles. The molecule has 7 heteroatoms. The van der Waals surface area contributed by atoms with Crippen LogP contribution in [-0.4, -0.2) is 31.1 Å². The molecule has 1 aromatic rings. The number of halogens is 2. The molecule has 2 bridgehead atoms. The molecule has 5 nitrogen and oxygen atoms in total. The molecule has 3 aliphatic carbocycles. The quantitative estimate of drug-likeness (QED) is 0.819. The Kier molecular flexibility index (Phi) is 5.26. The first kappa shape index (κ1) is 18.5. The largest absolute Gasteiger partial charge is 0.338 e. The number of hydrogen-bond acceptors (Lipinski definition) is 2. The van der Waals surface area contributed by atoms with E-state index in [9.17, 15) is 14.0 Å². The summed E-state index contributed by atoms with van der Waals surface area (Å²) in [6.45, 7) is 1.16. The molecular weight excluding hydrogens is 369 g/mol. The molecule has 4 fully saturated rings. The smallest absolute Gasteiger partial charge is 0.315 e.